The molecule has 0 aliphatic carbocycles. The third-order valence-corrected chi connectivity index (χ3v) is 5.88. The Morgan fingerprint density at radius 3 is 2.56 bits per heavy atom. The highest BCUT2D eigenvalue weighted by Gasteiger charge is 2.24. The number of carbonyl (C=O) groups excluding carboxylic acids is 2. The van der Waals surface area contributed by atoms with Crippen molar-refractivity contribution in [2.75, 3.05) is 31.1 Å². The molecule has 27 heavy (non-hydrogen) atoms. The summed E-state index contributed by atoms with van der Waals surface area (Å²) >= 11 is 1.51. The van der Waals surface area contributed by atoms with Gasteiger partial charge in [-0.3, -0.25) is 14.5 Å². The zero-order valence-corrected chi connectivity index (χ0v) is 17.0. The quantitative estimate of drug-likeness (QED) is 0.849. The van der Waals surface area contributed by atoms with Crippen molar-refractivity contribution in [1.82, 2.24) is 9.88 Å². The molecule has 0 bridgehead atoms. The first kappa shape index (κ1) is 19.5. The Labute approximate surface area is 164 Å². The van der Waals surface area contributed by atoms with Gasteiger partial charge < -0.3 is 9.80 Å². The van der Waals surface area contributed by atoms with Gasteiger partial charge in [0, 0.05) is 19.2 Å². The van der Waals surface area contributed by atoms with Crippen LogP contribution < -0.4 is 9.80 Å². The summed E-state index contributed by atoms with van der Waals surface area (Å²) in [5.41, 5.74) is 3.05. The maximum atomic E-state index is 12.4. The minimum Gasteiger partial charge on any atom is -0.332 e. The number of anilines is 2. The smallest absolute Gasteiger partial charge is 0.230 e. The third kappa shape index (κ3) is 4.54. The number of piperazine rings is 1. The van der Waals surface area contributed by atoms with Crippen LogP contribution in [0.15, 0.2) is 29.6 Å². The van der Waals surface area contributed by atoms with Gasteiger partial charge in [0.1, 0.15) is 12.2 Å². The summed E-state index contributed by atoms with van der Waals surface area (Å²) in [7, 11) is 0. The first-order valence-corrected chi connectivity index (χ1v) is 10.3. The number of hydrogen-bond acceptors (Lipinski definition) is 4. The molecule has 7 heteroatoms. The summed E-state index contributed by atoms with van der Waals surface area (Å²) in [6.07, 6.45) is 0.864. The van der Waals surface area contributed by atoms with Crippen LogP contribution >= 0.6 is 11.3 Å². The van der Waals surface area contributed by atoms with E-state index in [2.05, 4.69) is 13.0 Å². The lowest BCUT2D eigenvalue weighted by atomic mass is 10.1. The van der Waals surface area contributed by atoms with E-state index in [4.69, 9.17) is 4.98 Å². The van der Waals surface area contributed by atoms with Crippen LogP contribution in [0.5, 0.6) is 0 Å². The van der Waals surface area contributed by atoms with Gasteiger partial charge in [0.15, 0.2) is 5.13 Å². The number of nitrogens with zero attached hydrogens (tertiary/aromatic N) is 3. The molecule has 0 saturated carbocycles. The summed E-state index contributed by atoms with van der Waals surface area (Å²) < 4.78 is 0. The number of thiazole rings is 1. The number of para-hydroxylation sites is 1. The molecule has 1 saturated heterocycles. The number of aromatic nitrogens is 1. The Kier molecular flexibility index (Phi) is 6.23. The number of benzene rings is 1. The molecule has 2 amide bonds. The average Bonchev–Trinajstić information content (AvgIpc) is 3.10. The van der Waals surface area contributed by atoms with Crippen LogP contribution in [0.1, 0.15) is 32.0 Å². The van der Waals surface area contributed by atoms with Crippen LogP contribution in [0.4, 0.5) is 10.8 Å². The van der Waals surface area contributed by atoms with E-state index < -0.39 is 0 Å². The van der Waals surface area contributed by atoms with Crippen LogP contribution in [0, 0.1) is 0 Å². The molecular formula is C20H27N4O2S+. The molecule has 1 aromatic heterocycles. The maximum Gasteiger partial charge on any atom is 0.230 e. The van der Waals surface area contributed by atoms with E-state index in [1.165, 1.54) is 16.2 Å². The fraction of sp³-hybridized carbons (Fsp3) is 0.450. The van der Waals surface area contributed by atoms with E-state index in [0.29, 0.717) is 0 Å². The van der Waals surface area contributed by atoms with Crippen molar-refractivity contribution in [3.05, 3.63) is 40.9 Å². The molecule has 1 aromatic carbocycles. The van der Waals surface area contributed by atoms with Gasteiger partial charge in [-0.1, -0.05) is 25.1 Å². The number of amides is 2. The maximum absolute atomic E-state index is 12.4. The molecule has 1 N–H and O–H groups in total. The number of hydrogen-bond donors (Lipinski definition) is 1. The van der Waals surface area contributed by atoms with Gasteiger partial charge in [0.25, 0.3) is 0 Å². The van der Waals surface area contributed by atoms with Crippen LogP contribution in [0.25, 0.3) is 0 Å². The molecule has 2 aromatic rings. The highest BCUT2D eigenvalue weighted by Crippen LogP contribution is 2.31. The SMILES string of the molecule is CCc1ccccc1N(C(C)=O)c1nc(C[NH+]2CCN(C(C)=O)CC2)cs1. The van der Waals surface area contributed by atoms with Gasteiger partial charge in [-0.05, 0) is 18.1 Å². The van der Waals surface area contributed by atoms with E-state index in [-0.39, 0.29) is 11.8 Å². The van der Waals surface area contributed by atoms with E-state index in [1.807, 2.05) is 28.5 Å². The van der Waals surface area contributed by atoms with Crippen molar-refractivity contribution in [3.8, 4) is 0 Å². The zero-order chi connectivity index (χ0) is 19.4. The molecule has 0 atom stereocenters. The van der Waals surface area contributed by atoms with Crippen LogP contribution in [0.3, 0.4) is 0 Å². The monoisotopic (exact) mass is 387 g/mol. The summed E-state index contributed by atoms with van der Waals surface area (Å²) in [4.78, 5) is 33.6. The average molecular weight is 388 g/mol. The van der Waals surface area contributed by atoms with Crippen molar-refractivity contribution in [1.29, 1.82) is 0 Å². The molecule has 3 rings (SSSR count). The molecule has 0 radical (unpaired) electrons. The van der Waals surface area contributed by atoms with Gasteiger partial charge in [0.05, 0.1) is 31.9 Å². The largest absolute Gasteiger partial charge is 0.332 e. The molecule has 2 heterocycles. The molecular weight excluding hydrogens is 360 g/mol. The van der Waals surface area contributed by atoms with Crippen molar-refractivity contribution >= 4 is 34.0 Å². The van der Waals surface area contributed by atoms with E-state index >= 15 is 0 Å². The fourth-order valence-corrected chi connectivity index (χ4v) is 4.37. The lowest BCUT2D eigenvalue weighted by Crippen LogP contribution is -3.13. The Bertz CT molecular complexity index is 812. The summed E-state index contributed by atoms with van der Waals surface area (Å²) in [5, 5.41) is 2.77. The Morgan fingerprint density at radius 2 is 1.93 bits per heavy atom. The zero-order valence-electron chi connectivity index (χ0n) is 16.2. The lowest BCUT2D eigenvalue weighted by Gasteiger charge is -2.31. The van der Waals surface area contributed by atoms with Crippen molar-refractivity contribution in [3.63, 3.8) is 0 Å². The minimum atomic E-state index is -0.0285. The molecule has 1 fully saturated rings. The van der Waals surface area contributed by atoms with E-state index in [1.54, 1.807) is 18.7 Å². The highest BCUT2D eigenvalue weighted by molar-refractivity contribution is 7.14. The number of rotatable bonds is 5. The number of quaternary nitrogens is 1. The van der Waals surface area contributed by atoms with Gasteiger partial charge in [-0.2, -0.15) is 0 Å². The van der Waals surface area contributed by atoms with Gasteiger partial charge in [-0.15, -0.1) is 11.3 Å². The van der Waals surface area contributed by atoms with Crippen molar-refractivity contribution in [2.24, 2.45) is 0 Å². The summed E-state index contributed by atoms with van der Waals surface area (Å²) in [5.74, 6) is 0.121. The van der Waals surface area contributed by atoms with Gasteiger partial charge in [0.2, 0.25) is 11.8 Å². The predicted octanol–water partition coefficient (Wildman–Crippen LogP) is 1.64. The van der Waals surface area contributed by atoms with E-state index in [9.17, 15) is 9.59 Å². The summed E-state index contributed by atoms with van der Waals surface area (Å²) in [6.45, 7) is 9.58. The van der Waals surface area contributed by atoms with Crippen LogP contribution in [-0.2, 0) is 22.6 Å². The molecule has 1 aliphatic heterocycles. The van der Waals surface area contributed by atoms with E-state index in [0.717, 1.165) is 61.2 Å². The predicted molar refractivity (Wildman–Crippen MR) is 107 cm³/mol. The second-order valence-corrected chi connectivity index (χ2v) is 7.73. The second-order valence-electron chi connectivity index (χ2n) is 6.89. The van der Waals surface area contributed by atoms with Crippen molar-refractivity contribution in [2.45, 2.75) is 33.7 Å². The molecule has 144 valence electrons. The van der Waals surface area contributed by atoms with Crippen LogP contribution in [0.2, 0.25) is 0 Å². The van der Waals surface area contributed by atoms with Gasteiger partial charge in [-0.25, -0.2) is 4.98 Å². The first-order chi connectivity index (χ1) is 13.0. The minimum absolute atomic E-state index is 0.0285. The third-order valence-electron chi connectivity index (χ3n) is 5.01. The Morgan fingerprint density at radius 1 is 1.22 bits per heavy atom. The van der Waals surface area contributed by atoms with Gasteiger partial charge >= 0.3 is 0 Å². The number of carbonyl (C=O) groups is 2. The molecule has 0 unspecified atom stereocenters. The summed E-state index contributed by atoms with van der Waals surface area (Å²) in [6, 6.07) is 7.99. The topological polar surface area (TPSA) is 58.0 Å². The Balaban J connectivity index is 1.73. The normalized spacial score (nSPS) is 15.0. The van der Waals surface area contributed by atoms with Crippen molar-refractivity contribution < 1.29 is 14.5 Å². The number of nitrogens with one attached hydrogen (secondary N) is 1. The molecule has 1 aliphatic rings. The number of aryl methyl sites for hydroxylation is 1. The first-order valence-electron chi connectivity index (χ1n) is 9.41. The Hall–Kier alpha value is -2.25. The standard InChI is InChI=1S/C20H26N4O2S/c1-4-17-7-5-6-8-19(17)24(16(3)26)20-21-18(14-27-20)13-22-9-11-23(12-10-22)15(2)25/h5-8,14H,4,9-13H2,1-3H3/p+1. The van der Waals surface area contributed by atoms with Crippen LogP contribution in [-0.4, -0.2) is 47.9 Å². The second kappa shape index (κ2) is 8.63. The fourth-order valence-electron chi connectivity index (χ4n) is 3.49. The molecule has 0 spiro atoms. The lowest BCUT2D eigenvalue weighted by molar-refractivity contribution is -0.917. The molecule has 6 nitrogen and oxygen atoms in total. The highest BCUT2D eigenvalue weighted by atomic mass is 32.1.